The van der Waals surface area contributed by atoms with Crippen molar-refractivity contribution in [2.24, 2.45) is 0 Å². The molecular weight excluding hydrogens is 430 g/mol. The van der Waals surface area contributed by atoms with E-state index in [2.05, 4.69) is 15.6 Å². The molecular formula is C23H24ClN5O3. The molecule has 1 unspecified atom stereocenters. The fraction of sp³-hybridized carbons (Fsp3) is 0.217. The monoisotopic (exact) mass is 453 g/mol. The van der Waals surface area contributed by atoms with Crippen molar-refractivity contribution in [3.63, 3.8) is 0 Å². The van der Waals surface area contributed by atoms with E-state index in [9.17, 15) is 14.4 Å². The summed E-state index contributed by atoms with van der Waals surface area (Å²) in [6, 6.07) is 14.4. The van der Waals surface area contributed by atoms with Crippen LogP contribution in [0.15, 0.2) is 71.8 Å². The van der Waals surface area contributed by atoms with Gasteiger partial charge < -0.3 is 15.5 Å². The van der Waals surface area contributed by atoms with Gasteiger partial charge >= 0.3 is 0 Å². The van der Waals surface area contributed by atoms with E-state index < -0.39 is 6.04 Å². The normalized spacial score (nSPS) is 11.8. The molecule has 0 saturated heterocycles. The molecule has 0 aliphatic rings. The Balaban J connectivity index is 1.66. The molecule has 3 aromatic rings. The molecule has 2 N–H and O–H groups in total. The molecule has 0 spiro atoms. The van der Waals surface area contributed by atoms with Gasteiger partial charge in [0.15, 0.2) is 0 Å². The van der Waals surface area contributed by atoms with Crippen LogP contribution in [0.2, 0.25) is 5.02 Å². The molecule has 0 aliphatic heterocycles. The van der Waals surface area contributed by atoms with E-state index in [4.69, 9.17) is 11.6 Å². The van der Waals surface area contributed by atoms with Crippen LogP contribution in [0.25, 0.3) is 5.69 Å². The first-order valence-electron chi connectivity index (χ1n) is 9.97. The lowest BCUT2D eigenvalue weighted by atomic mass is 10.1. The summed E-state index contributed by atoms with van der Waals surface area (Å²) in [5.41, 5.74) is 0.935. The van der Waals surface area contributed by atoms with Crippen molar-refractivity contribution in [1.29, 1.82) is 0 Å². The number of nitrogens with zero attached hydrogens (tertiary/aromatic N) is 3. The lowest BCUT2D eigenvalue weighted by Crippen LogP contribution is -2.43. The van der Waals surface area contributed by atoms with Crippen molar-refractivity contribution in [2.45, 2.75) is 12.5 Å². The van der Waals surface area contributed by atoms with E-state index in [0.717, 1.165) is 0 Å². The second-order valence-corrected chi connectivity index (χ2v) is 7.94. The van der Waals surface area contributed by atoms with Gasteiger partial charge in [-0.1, -0.05) is 17.7 Å². The Morgan fingerprint density at radius 2 is 1.84 bits per heavy atom. The summed E-state index contributed by atoms with van der Waals surface area (Å²) in [6.45, 7) is 0.477. The highest BCUT2D eigenvalue weighted by Crippen LogP contribution is 2.11. The summed E-state index contributed by atoms with van der Waals surface area (Å²) in [6.07, 6.45) is 3.19. The summed E-state index contributed by atoms with van der Waals surface area (Å²) >= 11 is 5.81. The molecule has 2 heterocycles. The van der Waals surface area contributed by atoms with Gasteiger partial charge in [0.05, 0.1) is 11.1 Å². The third-order valence-electron chi connectivity index (χ3n) is 4.58. The summed E-state index contributed by atoms with van der Waals surface area (Å²) in [4.78, 5) is 43.1. The van der Waals surface area contributed by atoms with Gasteiger partial charge in [-0.05, 0) is 56.6 Å². The molecule has 0 radical (unpaired) electrons. The van der Waals surface area contributed by atoms with E-state index >= 15 is 0 Å². The highest BCUT2D eigenvalue weighted by molar-refractivity contribution is 6.30. The van der Waals surface area contributed by atoms with E-state index in [-0.39, 0.29) is 23.8 Å². The average molecular weight is 454 g/mol. The predicted octanol–water partition coefficient (Wildman–Crippen LogP) is 2.57. The fourth-order valence-electron chi connectivity index (χ4n) is 3.15. The van der Waals surface area contributed by atoms with Gasteiger partial charge in [0, 0.05) is 42.7 Å². The lowest BCUT2D eigenvalue weighted by Gasteiger charge is -2.22. The molecule has 1 aromatic carbocycles. The number of carbonyl (C=O) groups is 2. The number of aromatic nitrogens is 2. The smallest absolute Gasteiger partial charge is 0.255 e. The largest absolute Gasteiger partial charge is 0.347 e. The molecule has 0 aliphatic carbocycles. The van der Waals surface area contributed by atoms with Crippen LogP contribution in [0.1, 0.15) is 16.8 Å². The predicted molar refractivity (Wildman–Crippen MR) is 124 cm³/mol. The number of pyridine rings is 2. The van der Waals surface area contributed by atoms with Gasteiger partial charge in [0.25, 0.3) is 11.5 Å². The zero-order valence-electron chi connectivity index (χ0n) is 17.8. The van der Waals surface area contributed by atoms with Crippen molar-refractivity contribution >= 4 is 29.2 Å². The number of rotatable bonds is 8. The minimum Gasteiger partial charge on any atom is -0.347 e. The van der Waals surface area contributed by atoms with Crippen molar-refractivity contribution < 1.29 is 9.59 Å². The van der Waals surface area contributed by atoms with E-state index in [0.29, 0.717) is 28.6 Å². The molecule has 0 fully saturated rings. The molecule has 166 valence electrons. The number of benzene rings is 1. The number of anilines is 1. The maximum Gasteiger partial charge on any atom is 0.255 e. The second kappa shape index (κ2) is 10.7. The van der Waals surface area contributed by atoms with E-state index in [1.54, 1.807) is 54.7 Å². The average Bonchev–Trinajstić information content (AvgIpc) is 2.75. The Morgan fingerprint density at radius 3 is 2.47 bits per heavy atom. The van der Waals surface area contributed by atoms with Crippen LogP contribution in [0.5, 0.6) is 0 Å². The van der Waals surface area contributed by atoms with Crippen molar-refractivity contribution in [1.82, 2.24) is 19.8 Å². The number of hydrogen-bond donors (Lipinski definition) is 2. The van der Waals surface area contributed by atoms with Gasteiger partial charge in [0.1, 0.15) is 5.82 Å². The maximum absolute atomic E-state index is 12.8. The van der Waals surface area contributed by atoms with Crippen LogP contribution >= 0.6 is 11.6 Å². The van der Waals surface area contributed by atoms with Crippen LogP contribution in [0, 0.1) is 0 Å². The fourth-order valence-corrected chi connectivity index (χ4v) is 3.26. The highest BCUT2D eigenvalue weighted by Gasteiger charge is 2.19. The Bertz CT molecular complexity index is 1130. The molecule has 8 nitrogen and oxygen atoms in total. The summed E-state index contributed by atoms with van der Waals surface area (Å²) in [5, 5.41) is 6.09. The summed E-state index contributed by atoms with van der Waals surface area (Å²) < 4.78 is 1.49. The van der Waals surface area contributed by atoms with Crippen LogP contribution in [0.4, 0.5) is 5.82 Å². The Hall–Kier alpha value is -3.49. The van der Waals surface area contributed by atoms with Gasteiger partial charge in [-0.2, -0.15) is 0 Å². The van der Waals surface area contributed by atoms with Crippen LogP contribution in [-0.2, 0) is 4.79 Å². The van der Waals surface area contributed by atoms with Crippen molar-refractivity contribution in [3.05, 3.63) is 87.9 Å². The van der Waals surface area contributed by atoms with E-state index in [1.807, 2.05) is 19.0 Å². The number of halogens is 1. The number of amides is 2. The molecule has 0 bridgehead atoms. The number of carbonyl (C=O) groups excluding carboxylic acids is 2. The zero-order chi connectivity index (χ0) is 23.1. The topological polar surface area (TPSA) is 96.3 Å². The van der Waals surface area contributed by atoms with Gasteiger partial charge in [0.2, 0.25) is 5.91 Å². The molecule has 2 amide bonds. The Morgan fingerprint density at radius 1 is 1.09 bits per heavy atom. The first kappa shape index (κ1) is 23.2. The van der Waals surface area contributed by atoms with Crippen LogP contribution < -0.4 is 16.2 Å². The molecule has 2 aromatic heterocycles. The minimum absolute atomic E-state index is 0.0751. The minimum atomic E-state index is -0.416. The first-order valence-corrected chi connectivity index (χ1v) is 10.3. The summed E-state index contributed by atoms with van der Waals surface area (Å²) in [7, 11) is 3.73. The molecule has 9 heteroatoms. The third kappa shape index (κ3) is 6.50. The molecule has 3 rings (SSSR count). The molecule has 1 atom stereocenters. The Kier molecular flexibility index (Phi) is 7.75. The Labute approximate surface area is 190 Å². The SMILES string of the molecule is CN(C)CC(CC(=O)Nc1ccc(Cl)cn1)NC(=O)c1ccc(-n2ccccc2=O)cc1. The maximum atomic E-state index is 12.8. The molecule has 32 heavy (non-hydrogen) atoms. The zero-order valence-corrected chi connectivity index (χ0v) is 18.5. The third-order valence-corrected chi connectivity index (χ3v) is 4.80. The van der Waals surface area contributed by atoms with Crippen LogP contribution in [0.3, 0.4) is 0 Å². The van der Waals surface area contributed by atoms with Crippen LogP contribution in [-0.4, -0.2) is 52.9 Å². The van der Waals surface area contributed by atoms with Crippen molar-refractivity contribution in [3.8, 4) is 5.69 Å². The number of likely N-dealkylation sites (N-methyl/N-ethyl adjacent to an activating group) is 1. The van der Waals surface area contributed by atoms with E-state index in [1.165, 1.54) is 16.8 Å². The number of nitrogens with one attached hydrogen (secondary N) is 2. The number of hydrogen-bond acceptors (Lipinski definition) is 5. The first-order chi connectivity index (χ1) is 15.3. The van der Waals surface area contributed by atoms with Gasteiger partial charge in [-0.3, -0.25) is 19.0 Å². The second-order valence-electron chi connectivity index (χ2n) is 7.50. The quantitative estimate of drug-likeness (QED) is 0.546. The highest BCUT2D eigenvalue weighted by atomic mass is 35.5. The molecule has 0 saturated carbocycles. The van der Waals surface area contributed by atoms with Gasteiger partial charge in [-0.25, -0.2) is 4.98 Å². The summed E-state index contributed by atoms with van der Waals surface area (Å²) in [5.74, 6) is -0.187. The lowest BCUT2D eigenvalue weighted by molar-refractivity contribution is -0.116. The standard InChI is InChI=1S/C23H24ClN5O3/c1-28(2)15-18(13-21(30)27-20-11-8-17(24)14-25-20)26-23(32)16-6-9-19(10-7-16)29-12-4-3-5-22(29)31/h3-12,14,18H,13,15H2,1-2H3,(H,26,32)(H,25,27,30). The van der Waals surface area contributed by atoms with Crippen molar-refractivity contribution in [2.75, 3.05) is 26.0 Å². The van der Waals surface area contributed by atoms with Gasteiger partial charge in [-0.15, -0.1) is 0 Å².